The van der Waals surface area contributed by atoms with Crippen LogP contribution in [0.5, 0.6) is 0 Å². The van der Waals surface area contributed by atoms with Crippen molar-refractivity contribution in [1.29, 1.82) is 0 Å². The van der Waals surface area contributed by atoms with Crippen LogP contribution in [0.1, 0.15) is 113 Å². The number of rotatable bonds is 19. The van der Waals surface area contributed by atoms with Crippen LogP contribution in [-0.2, 0) is 31.9 Å². The second-order valence-electron chi connectivity index (χ2n) is 23.1. The van der Waals surface area contributed by atoms with Crippen LogP contribution in [0.15, 0.2) is 72.5 Å². The van der Waals surface area contributed by atoms with Gasteiger partial charge >= 0.3 is 6.18 Å². The molecule has 8 rings (SSSR count). The number of anilines is 3. The fraction of sp³-hybridized carbons (Fsp3) is 0.500. The van der Waals surface area contributed by atoms with Crippen LogP contribution < -0.4 is 25.8 Å². The lowest BCUT2D eigenvalue weighted by Crippen LogP contribution is -2.57. The van der Waals surface area contributed by atoms with Crippen molar-refractivity contribution in [2.75, 3.05) is 68.0 Å². The number of carbonyl (C=O) groups is 5. The van der Waals surface area contributed by atoms with E-state index in [1.165, 1.54) is 29.4 Å². The van der Waals surface area contributed by atoms with Crippen molar-refractivity contribution in [3.8, 4) is 21.6 Å². The third-order valence-corrected chi connectivity index (χ3v) is 16.9. The number of hydrogen-bond acceptors (Lipinski definition) is 13. The molecule has 1 unspecified atom stereocenters. The number of alkyl halides is 3. The lowest BCUT2D eigenvalue weighted by atomic mass is 9.85. The third kappa shape index (κ3) is 15.4. The highest BCUT2D eigenvalue weighted by atomic mass is 32.1. The number of nitrogens with zero attached hydrogens (tertiary/aromatic N) is 8. The molecule has 0 spiro atoms. The first-order valence-electron chi connectivity index (χ1n) is 28.2. The number of thiazole rings is 1. The zero-order valence-corrected chi connectivity index (χ0v) is 48.8. The van der Waals surface area contributed by atoms with Crippen LogP contribution in [0, 0.1) is 24.0 Å². The molecule has 3 aromatic carbocycles. The molecule has 5 atom stereocenters. The SMILES string of the molecule is Cc1ncsc1-c1ccc(CNC(=O)[C@@H]2C[C@@H](O)CN2C(=O)C(NC(=O)CCCCCCCC(=O)N2CCN(c3ncc(-c4cc(NC(=O)c5ccc(F)cc5C(F)(F)F)c(N5C[C@@H](C)N(C)[C@@H](C)C5)cc4F)cn3)CC2)C(C)(C)C)cc1. The monoisotopic (exact) mass is 1170 g/mol. The maximum Gasteiger partial charge on any atom is 0.417 e. The van der Waals surface area contributed by atoms with Gasteiger partial charge in [-0.2, -0.15) is 13.2 Å². The van der Waals surface area contributed by atoms with E-state index in [0.717, 1.165) is 53.1 Å². The molecule has 4 N–H and O–H groups in total. The smallest absolute Gasteiger partial charge is 0.391 e. The number of nitrogens with one attached hydrogen (secondary N) is 3. The van der Waals surface area contributed by atoms with Gasteiger partial charge in [-0.15, -0.1) is 11.3 Å². The van der Waals surface area contributed by atoms with Crippen molar-refractivity contribution in [2.24, 2.45) is 5.41 Å². The van der Waals surface area contributed by atoms with E-state index >= 15 is 4.39 Å². The third-order valence-electron chi connectivity index (χ3n) is 15.9. The summed E-state index contributed by atoms with van der Waals surface area (Å²) in [5, 5.41) is 19.0. The molecule has 2 aromatic heterocycles. The number of hydrogen-bond donors (Lipinski definition) is 4. The molecule has 5 heterocycles. The quantitative estimate of drug-likeness (QED) is 0.0454. The predicted molar refractivity (Wildman–Crippen MR) is 308 cm³/mol. The first kappa shape index (κ1) is 61.9. The fourth-order valence-corrected chi connectivity index (χ4v) is 11.7. The number of β-amino-alcohol motifs (C(OH)–C–C–N with tert-alkyl or cyclic N) is 1. The fourth-order valence-electron chi connectivity index (χ4n) is 10.9. The van der Waals surface area contributed by atoms with Gasteiger partial charge in [-0.05, 0) is 87.5 Å². The molecule has 23 heteroatoms. The van der Waals surface area contributed by atoms with E-state index in [2.05, 4.69) is 35.8 Å². The van der Waals surface area contributed by atoms with E-state index in [4.69, 9.17) is 0 Å². The maximum atomic E-state index is 16.2. The number of aryl methyl sites for hydroxylation is 1. The number of aliphatic hydroxyl groups is 1. The summed E-state index contributed by atoms with van der Waals surface area (Å²) in [4.78, 5) is 91.2. The van der Waals surface area contributed by atoms with Crippen LogP contribution in [0.3, 0.4) is 0 Å². The largest absolute Gasteiger partial charge is 0.417 e. The Labute approximate surface area is 485 Å². The van der Waals surface area contributed by atoms with Crippen LogP contribution >= 0.6 is 11.3 Å². The van der Waals surface area contributed by atoms with E-state index in [0.29, 0.717) is 64.5 Å². The number of likely N-dealkylation sites (tertiary alicyclic amines) is 1. The van der Waals surface area contributed by atoms with Gasteiger partial charge in [0.05, 0.1) is 44.7 Å². The van der Waals surface area contributed by atoms with Crippen LogP contribution in [0.4, 0.5) is 39.3 Å². The number of halogens is 5. The number of piperazine rings is 2. The Kier molecular flexibility index (Phi) is 19.9. The van der Waals surface area contributed by atoms with Crippen LogP contribution in [-0.4, -0.2) is 147 Å². The Morgan fingerprint density at radius 3 is 2.07 bits per heavy atom. The molecular weight excluding hydrogens is 1100 g/mol. The minimum absolute atomic E-state index is 0.00376. The van der Waals surface area contributed by atoms with Crippen molar-refractivity contribution in [1.82, 2.24) is 40.3 Å². The molecule has 3 aliphatic heterocycles. The molecule has 0 aliphatic carbocycles. The van der Waals surface area contributed by atoms with Gasteiger partial charge in [0.15, 0.2) is 0 Å². The van der Waals surface area contributed by atoms with Gasteiger partial charge in [0.2, 0.25) is 29.6 Å². The van der Waals surface area contributed by atoms with E-state index in [9.17, 15) is 46.6 Å². The highest BCUT2D eigenvalue weighted by Gasteiger charge is 2.45. The van der Waals surface area contributed by atoms with Crippen LogP contribution in [0.2, 0.25) is 0 Å². The number of likely N-dealkylation sites (N-methyl/N-ethyl adjacent to an activating group) is 1. The lowest BCUT2D eigenvalue weighted by molar-refractivity contribution is -0.144. The van der Waals surface area contributed by atoms with Crippen molar-refractivity contribution < 1.29 is 51.0 Å². The van der Waals surface area contributed by atoms with Gasteiger partial charge in [0.25, 0.3) is 5.91 Å². The zero-order valence-electron chi connectivity index (χ0n) is 48.0. The van der Waals surface area contributed by atoms with Gasteiger partial charge in [0, 0.05) is 107 Å². The average molecular weight is 1170 g/mol. The van der Waals surface area contributed by atoms with E-state index in [-0.39, 0.29) is 84.3 Å². The summed E-state index contributed by atoms with van der Waals surface area (Å²) in [6.45, 7) is 14.3. The highest BCUT2D eigenvalue weighted by Crippen LogP contribution is 2.38. The van der Waals surface area contributed by atoms with Gasteiger partial charge in [-0.1, -0.05) is 64.3 Å². The molecule has 83 heavy (non-hydrogen) atoms. The predicted octanol–water partition coefficient (Wildman–Crippen LogP) is 8.84. The molecular formula is C60H74F5N11O6S. The second-order valence-corrected chi connectivity index (χ2v) is 24.0. The minimum atomic E-state index is -5.02. The number of benzene rings is 3. The molecule has 5 amide bonds. The molecule has 0 saturated carbocycles. The maximum absolute atomic E-state index is 16.2. The zero-order chi connectivity index (χ0) is 59.9. The summed E-state index contributed by atoms with van der Waals surface area (Å²) in [5.41, 5.74) is 2.31. The van der Waals surface area contributed by atoms with Crippen molar-refractivity contribution in [3.63, 3.8) is 0 Å². The first-order valence-corrected chi connectivity index (χ1v) is 29.1. The van der Waals surface area contributed by atoms with Gasteiger partial charge in [0.1, 0.15) is 23.7 Å². The van der Waals surface area contributed by atoms with Gasteiger partial charge in [-0.3, -0.25) is 28.9 Å². The van der Waals surface area contributed by atoms with E-state index < -0.39 is 64.4 Å². The molecule has 17 nitrogen and oxygen atoms in total. The van der Waals surface area contributed by atoms with Gasteiger partial charge in [-0.25, -0.2) is 23.7 Å². The Bertz CT molecular complexity index is 3100. The molecule has 3 fully saturated rings. The van der Waals surface area contributed by atoms with Crippen molar-refractivity contribution >= 4 is 58.2 Å². The molecule has 446 valence electrons. The summed E-state index contributed by atoms with van der Waals surface area (Å²) >= 11 is 1.56. The normalized spacial score (nSPS) is 19.2. The Morgan fingerprint density at radius 2 is 1.45 bits per heavy atom. The summed E-state index contributed by atoms with van der Waals surface area (Å²) in [6, 6.07) is 10.4. The number of carbonyl (C=O) groups excluding carboxylic acids is 5. The number of unbranched alkanes of at least 4 members (excludes halogenated alkanes) is 4. The highest BCUT2D eigenvalue weighted by molar-refractivity contribution is 7.13. The number of amides is 5. The number of aliphatic hydroxyl groups excluding tert-OH is 1. The average Bonchev–Trinajstić information content (AvgIpc) is 4.22. The molecule has 0 radical (unpaired) electrons. The van der Waals surface area contributed by atoms with Crippen LogP contribution in [0.25, 0.3) is 21.6 Å². The molecule has 3 saturated heterocycles. The first-order chi connectivity index (χ1) is 39.4. The topological polar surface area (TPSA) is 197 Å². The minimum Gasteiger partial charge on any atom is -0.391 e. The van der Waals surface area contributed by atoms with Crippen molar-refractivity contribution in [3.05, 3.63) is 107 Å². The summed E-state index contributed by atoms with van der Waals surface area (Å²) in [7, 11) is 1.96. The van der Waals surface area contributed by atoms with E-state index in [1.54, 1.807) is 21.7 Å². The van der Waals surface area contributed by atoms with E-state index in [1.807, 2.05) is 82.7 Å². The lowest BCUT2D eigenvalue weighted by Gasteiger charge is -2.44. The second kappa shape index (κ2) is 26.6. The van der Waals surface area contributed by atoms with Gasteiger partial charge < -0.3 is 40.7 Å². The summed E-state index contributed by atoms with van der Waals surface area (Å²) in [6.07, 6.45) is 1.18. The molecule has 0 bridgehead atoms. The number of aromatic nitrogens is 3. The Morgan fingerprint density at radius 1 is 0.795 bits per heavy atom. The summed E-state index contributed by atoms with van der Waals surface area (Å²) in [5.74, 6) is -3.68. The van der Waals surface area contributed by atoms with Crippen molar-refractivity contribution in [2.45, 2.75) is 136 Å². The molecule has 5 aromatic rings. The Balaban J connectivity index is 0.773. The molecule has 3 aliphatic rings. The standard InChI is InChI=1S/C60H74F5N11O6S/c1-36-32-75(33-37(2)72(36)7)49-28-47(62)45(27-48(49)70-55(80)44-20-19-42(61)25-46(44)60(63,64)65)41-30-67-58(68-31-41)74-23-21-73(22-24-74)52(79)14-12-10-8-9-11-13-51(78)71-54(59(4,5)6)57(82)76-34-43(77)26-50(76)56(81)66-29-39-15-17-40(18-16-39)53-38(3)69-35-83-53/h15-20,25,27-28,30-31,35-37,43,50,54,77H,8-14,21-24,26,29,32-34H2,1-7H3,(H,66,81)(H,70,80)(H,71,78)/t36-,37+,43-,50+,54?/m1/s1. The summed E-state index contributed by atoms with van der Waals surface area (Å²) < 4.78 is 72.1. The Hall–Kier alpha value is -7.11.